The topological polar surface area (TPSA) is 63.7 Å². The van der Waals surface area contributed by atoms with Crippen molar-refractivity contribution in [2.45, 2.75) is 18.7 Å². The molecule has 0 saturated carbocycles. The molecule has 0 aliphatic heterocycles. The zero-order chi connectivity index (χ0) is 20.3. The number of carbonyl (C=O) groups is 1. The van der Waals surface area contributed by atoms with Crippen LogP contribution in [0.2, 0.25) is 0 Å². The van der Waals surface area contributed by atoms with Crippen molar-refractivity contribution in [1.82, 2.24) is 0 Å². The second-order valence-electron chi connectivity index (χ2n) is 6.42. The predicted octanol–water partition coefficient (Wildman–Crippen LogP) is 4.35. The Labute approximate surface area is 165 Å². The molecule has 0 aliphatic carbocycles. The zero-order valence-electron chi connectivity index (χ0n) is 15.9. The number of hydrogen-bond donors (Lipinski definition) is 0. The van der Waals surface area contributed by atoms with E-state index in [0.717, 1.165) is 15.4 Å². The Morgan fingerprint density at radius 3 is 1.93 bits per heavy atom. The molecule has 0 aromatic heterocycles. The van der Waals surface area contributed by atoms with Gasteiger partial charge in [-0.2, -0.15) is 4.31 Å². The lowest BCUT2D eigenvalue weighted by Crippen LogP contribution is -2.37. The van der Waals surface area contributed by atoms with E-state index >= 15 is 0 Å². The predicted molar refractivity (Wildman–Crippen MR) is 109 cm³/mol. The van der Waals surface area contributed by atoms with Gasteiger partial charge in [0.25, 0.3) is 15.9 Å². The van der Waals surface area contributed by atoms with Gasteiger partial charge in [-0.25, -0.2) is 8.42 Å². The number of amides is 1. The summed E-state index contributed by atoms with van der Waals surface area (Å²) in [5, 5.41) is 0. The summed E-state index contributed by atoms with van der Waals surface area (Å²) in [6.45, 7) is 3.76. The SMILES string of the molecule is COc1ccccc1C(=O)N(c1ccc(C)cc1)S(=O)(=O)c1ccc(C)cc1. The molecule has 3 aromatic rings. The first-order valence-corrected chi connectivity index (χ1v) is 10.1. The lowest BCUT2D eigenvalue weighted by Gasteiger charge is -2.23. The van der Waals surface area contributed by atoms with E-state index in [2.05, 4.69) is 0 Å². The third-order valence-corrected chi connectivity index (χ3v) is 6.07. The number of sulfonamides is 1. The van der Waals surface area contributed by atoms with Crippen LogP contribution in [-0.2, 0) is 10.0 Å². The lowest BCUT2D eigenvalue weighted by atomic mass is 10.1. The van der Waals surface area contributed by atoms with E-state index in [1.54, 1.807) is 60.7 Å². The van der Waals surface area contributed by atoms with E-state index in [-0.39, 0.29) is 16.1 Å². The van der Waals surface area contributed by atoms with E-state index in [1.165, 1.54) is 19.2 Å². The third-order valence-electron chi connectivity index (χ3n) is 4.35. The monoisotopic (exact) mass is 395 g/mol. The normalized spacial score (nSPS) is 11.1. The number of rotatable bonds is 5. The van der Waals surface area contributed by atoms with Gasteiger partial charge in [-0.1, -0.05) is 47.5 Å². The van der Waals surface area contributed by atoms with E-state index in [9.17, 15) is 13.2 Å². The summed E-state index contributed by atoms with van der Waals surface area (Å²) in [7, 11) is -2.69. The summed E-state index contributed by atoms with van der Waals surface area (Å²) in [4.78, 5) is 13.4. The Bertz CT molecular complexity index is 1090. The van der Waals surface area contributed by atoms with E-state index in [4.69, 9.17) is 4.74 Å². The minimum absolute atomic E-state index is 0.0434. The van der Waals surface area contributed by atoms with Crippen molar-refractivity contribution in [1.29, 1.82) is 0 Å². The summed E-state index contributed by atoms with van der Waals surface area (Å²) in [5.41, 5.74) is 2.32. The molecule has 0 saturated heterocycles. The molecule has 5 nitrogen and oxygen atoms in total. The molecular formula is C22H21NO4S. The molecule has 0 atom stereocenters. The Hall–Kier alpha value is -3.12. The number of benzene rings is 3. The highest BCUT2D eigenvalue weighted by atomic mass is 32.2. The first-order valence-electron chi connectivity index (χ1n) is 8.70. The number of methoxy groups -OCH3 is 1. The molecule has 0 unspecified atom stereocenters. The molecule has 0 bridgehead atoms. The summed E-state index contributed by atoms with van der Waals surface area (Å²) in [6, 6.07) is 19.7. The van der Waals surface area contributed by atoms with Crippen LogP contribution in [0, 0.1) is 13.8 Å². The number of para-hydroxylation sites is 1. The second kappa shape index (κ2) is 7.86. The maximum absolute atomic E-state index is 13.4. The largest absolute Gasteiger partial charge is 0.496 e. The van der Waals surface area contributed by atoms with Gasteiger partial charge >= 0.3 is 0 Å². The number of ether oxygens (including phenoxy) is 1. The number of hydrogen-bond acceptors (Lipinski definition) is 4. The standard InChI is InChI=1S/C22H21NO4S/c1-16-8-12-18(13-9-16)23(22(24)20-6-4-5-7-21(20)27-3)28(25,26)19-14-10-17(2)11-15-19/h4-15H,1-3H3. The molecular weight excluding hydrogens is 374 g/mol. The summed E-state index contributed by atoms with van der Waals surface area (Å²) >= 11 is 0. The fourth-order valence-corrected chi connectivity index (χ4v) is 4.20. The van der Waals surface area contributed by atoms with Crippen LogP contribution in [0.3, 0.4) is 0 Å². The quantitative estimate of drug-likeness (QED) is 0.644. The smallest absolute Gasteiger partial charge is 0.276 e. The summed E-state index contributed by atoms with van der Waals surface area (Å²) in [6.07, 6.45) is 0. The molecule has 0 aliphatic rings. The van der Waals surface area contributed by atoms with Gasteiger partial charge in [0.1, 0.15) is 5.75 Å². The molecule has 0 heterocycles. The van der Waals surface area contributed by atoms with Crippen molar-refractivity contribution >= 4 is 21.6 Å². The molecule has 3 aromatic carbocycles. The molecule has 144 valence electrons. The molecule has 1 amide bonds. The number of aryl methyl sites for hydroxylation is 2. The van der Waals surface area contributed by atoms with Crippen LogP contribution in [0.1, 0.15) is 21.5 Å². The van der Waals surface area contributed by atoms with Crippen LogP contribution in [0.15, 0.2) is 77.7 Å². The van der Waals surface area contributed by atoms with Gasteiger partial charge < -0.3 is 4.74 Å². The average molecular weight is 395 g/mol. The van der Waals surface area contributed by atoms with Crippen LogP contribution in [0.5, 0.6) is 5.75 Å². The molecule has 6 heteroatoms. The molecule has 0 radical (unpaired) electrons. The van der Waals surface area contributed by atoms with Crippen LogP contribution in [0.25, 0.3) is 0 Å². The Morgan fingerprint density at radius 2 is 1.36 bits per heavy atom. The van der Waals surface area contributed by atoms with Gasteiger partial charge in [0.15, 0.2) is 0 Å². The van der Waals surface area contributed by atoms with Gasteiger partial charge in [-0.05, 0) is 50.2 Å². The highest BCUT2D eigenvalue weighted by molar-refractivity contribution is 7.93. The Morgan fingerprint density at radius 1 is 0.821 bits per heavy atom. The number of anilines is 1. The minimum atomic E-state index is -4.13. The van der Waals surface area contributed by atoms with Crippen molar-refractivity contribution in [3.63, 3.8) is 0 Å². The highest BCUT2D eigenvalue weighted by Gasteiger charge is 2.33. The first-order chi connectivity index (χ1) is 13.3. The van der Waals surface area contributed by atoms with Gasteiger partial charge in [0, 0.05) is 0 Å². The first kappa shape index (κ1) is 19.6. The maximum Gasteiger partial charge on any atom is 0.276 e. The van der Waals surface area contributed by atoms with E-state index in [0.29, 0.717) is 5.75 Å². The Balaban J connectivity index is 2.19. The van der Waals surface area contributed by atoms with E-state index < -0.39 is 15.9 Å². The molecule has 28 heavy (non-hydrogen) atoms. The number of nitrogens with zero attached hydrogens (tertiary/aromatic N) is 1. The fraction of sp³-hybridized carbons (Fsp3) is 0.136. The van der Waals surface area contributed by atoms with Gasteiger partial charge in [0.2, 0.25) is 0 Å². The minimum Gasteiger partial charge on any atom is -0.496 e. The van der Waals surface area contributed by atoms with Crippen LogP contribution >= 0.6 is 0 Å². The van der Waals surface area contributed by atoms with Crippen molar-refractivity contribution < 1.29 is 17.9 Å². The third kappa shape index (κ3) is 3.77. The fourth-order valence-electron chi connectivity index (χ4n) is 2.79. The van der Waals surface area contributed by atoms with Gasteiger partial charge in [-0.15, -0.1) is 0 Å². The number of carbonyl (C=O) groups excluding carboxylic acids is 1. The van der Waals surface area contributed by atoms with Crippen molar-refractivity contribution in [3.8, 4) is 5.75 Å². The average Bonchev–Trinajstić information content (AvgIpc) is 2.69. The van der Waals surface area contributed by atoms with Crippen molar-refractivity contribution in [2.24, 2.45) is 0 Å². The molecule has 3 rings (SSSR count). The van der Waals surface area contributed by atoms with Crippen LogP contribution < -0.4 is 9.04 Å². The van der Waals surface area contributed by atoms with Crippen molar-refractivity contribution in [2.75, 3.05) is 11.4 Å². The summed E-state index contributed by atoms with van der Waals surface area (Å²) < 4.78 is 32.9. The summed E-state index contributed by atoms with van der Waals surface area (Å²) in [5.74, 6) is -0.370. The lowest BCUT2D eigenvalue weighted by molar-refractivity contribution is 0.100. The highest BCUT2D eigenvalue weighted by Crippen LogP contribution is 2.29. The van der Waals surface area contributed by atoms with Crippen molar-refractivity contribution in [3.05, 3.63) is 89.5 Å². The molecule has 0 spiro atoms. The van der Waals surface area contributed by atoms with Crippen LogP contribution in [-0.4, -0.2) is 21.4 Å². The zero-order valence-corrected chi connectivity index (χ0v) is 16.7. The van der Waals surface area contributed by atoms with Crippen LogP contribution in [0.4, 0.5) is 5.69 Å². The van der Waals surface area contributed by atoms with Gasteiger partial charge in [-0.3, -0.25) is 4.79 Å². The Kier molecular flexibility index (Phi) is 5.51. The van der Waals surface area contributed by atoms with Gasteiger partial charge in [0.05, 0.1) is 23.3 Å². The maximum atomic E-state index is 13.4. The molecule has 0 fully saturated rings. The second-order valence-corrected chi connectivity index (χ2v) is 8.21. The van der Waals surface area contributed by atoms with E-state index in [1.807, 2.05) is 13.8 Å². The molecule has 0 N–H and O–H groups in total.